The summed E-state index contributed by atoms with van der Waals surface area (Å²) in [6, 6.07) is 7.56. The molecule has 50 valence electrons. The molecule has 0 amide bonds. The summed E-state index contributed by atoms with van der Waals surface area (Å²) in [6.07, 6.45) is 0. The monoisotopic (exact) mass is 261 g/mol. The highest BCUT2D eigenvalue weighted by Gasteiger charge is 1.95. The molecule has 0 spiro atoms. The fraction of sp³-hybridized carbons (Fsp3) is 0. The summed E-state index contributed by atoms with van der Waals surface area (Å²) in [4.78, 5) is 0.745. The van der Waals surface area contributed by atoms with Crippen molar-refractivity contribution < 1.29 is 0 Å². The lowest BCUT2D eigenvalue weighted by molar-refractivity contribution is 1.36. The van der Waals surface area contributed by atoms with Crippen LogP contribution in [0.5, 0.6) is 0 Å². The Kier molecular flexibility index (Phi) is 2.57. The number of halogens is 1. The Balaban J connectivity index is 3.23. The Labute approximate surface area is 78.6 Å². The van der Waals surface area contributed by atoms with Crippen molar-refractivity contribution in [2.75, 3.05) is 0 Å². The van der Waals surface area contributed by atoms with E-state index in [1.54, 1.807) is 6.07 Å². The van der Waals surface area contributed by atoms with Crippen LogP contribution in [0.1, 0.15) is 5.56 Å². The van der Waals surface area contributed by atoms with E-state index in [-0.39, 0.29) is 0 Å². The largest absolute Gasteiger partial charge is 0.192 e. The van der Waals surface area contributed by atoms with E-state index in [2.05, 4.69) is 35.2 Å². The molecule has 0 N–H and O–H groups in total. The number of hydrogen-bond acceptors (Lipinski definition) is 2. The van der Waals surface area contributed by atoms with Crippen molar-refractivity contribution in [1.29, 1.82) is 5.26 Å². The van der Waals surface area contributed by atoms with Gasteiger partial charge in [-0.25, -0.2) is 0 Å². The van der Waals surface area contributed by atoms with Crippen LogP contribution in [0.15, 0.2) is 23.1 Å². The number of hydrogen-bond donors (Lipinski definition) is 1. The second-order valence-corrected chi connectivity index (χ2v) is 3.50. The third kappa shape index (κ3) is 1.64. The van der Waals surface area contributed by atoms with Crippen LogP contribution < -0.4 is 0 Å². The van der Waals surface area contributed by atoms with Gasteiger partial charge in [0.05, 0.1) is 5.56 Å². The van der Waals surface area contributed by atoms with Gasteiger partial charge in [0.25, 0.3) is 0 Å². The number of thiol groups is 1. The van der Waals surface area contributed by atoms with Gasteiger partial charge in [0.2, 0.25) is 0 Å². The van der Waals surface area contributed by atoms with Crippen LogP contribution >= 0.6 is 35.2 Å². The van der Waals surface area contributed by atoms with E-state index in [0.29, 0.717) is 5.56 Å². The standard InChI is InChI=1S/C7H4INS/c8-6-2-1-5(4-9)7(10)3-6/h1-3,10H. The van der Waals surface area contributed by atoms with Crippen LogP contribution in [0, 0.1) is 14.9 Å². The Morgan fingerprint density at radius 1 is 1.50 bits per heavy atom. The molecule has 0 unspecified atom stereocenters. The minimum absolute atomic E-state index is 0.628. The number of rotatable bonds is 0. The van der Waals surface area contributed by atoms with Gasteiger partial charge in [0, 0.05) is 8.47 Å². The predicted molar refractivity (Wildman–Crippen MR) is 51.1 cm³/mol. The van der Waals surface area contributed by atoms with Crippen molar-refractivity contribution in [1.82, 2.24) is 0 Å². The van der Waals surface area contributed by atoms with Crippen molar-refractivity contribution in [3.8, 4) is 6.07 Å². The molecule has 1 aromatic rings. The summed E-state index contributed by atoms with van der Waals surface area (Å²) in [6.45, 7) is 0. The first-order valence-electron chi connectivity index (χ1n) is 2.62. The summed E-state index contributed by atoms with van der Waals surface area (Å²) in [5.41, 5.74) is 0.628. The Bertz CT molecular complexity index is 290. The molecule has 1 rings (SSSR count). The lowest BCUT2D eigenvalue weighted by Gasteiger charge is -1.94. The van der Waals surface area contributed by atoms with Gasteiger partial charge in [0.15, 0.2) is 0 Å². The van der Waals surface area contributed by atoms with Gasteiger partial charge in [-0.3, -0.25) is 0 Å². The van der Waals surface area contributed by atoms with Gasteiger partial charge < -0.3 is 0 Å². The lowest BCUT2D eigenvalue weighted by atomic mass is 10.2. The van der Waals surface area contributed by atoms with Crippen molar-refractivity contribution >= 4 is 35.2 Å². The smallest absolute Gasteiger partial charge is 0.100 e. The minimum atomic E-state index is 0.628. The molecule has 0 aliphatic heterocycles. The Hall–Kier alpha value is -0.210. The average Bonchev–Trinajstić information content (AvgIpc) is 1.88. The SMILES string of the molecule is N#Cc1ccc(I)cc1S. The van der Waals surface area contributed by atoms with E-state index in [9.17, 15) is 0 Å². The summed E-state index contributed by atoms with van der Waals surface area (Å²) >= 11 is 6.30. The predicted octanol–water partition coefficient (Wildman–Crippen LogP) is 2.45. The summed E-state index contributed by atoms with van der Waals surface area (Å²) < 4.78 is 1.10. The summed E-state index contributed by atoms with van der Waals surface area (Å²) in [5, 5.41) is 8.51. The highest BCUT2D eigenvalue weighted by atomic mass is 127. The highest BCUT2D eigenvalue weighted by molar-refractivity contribution is 14.1. The van der Waals surface area contributed by atoms with E-state index in [1.165, 1.54) is 0 Å². The fourth-order valence-electron chi connectivity index (χ4n) is 0.599. The molecular weight excluding hydrogens is 257 g/mol. The van der Waals surface area contributed by atoms with E-state index in [4.69, 9.17) is 5.26 Å². The first kappa shape index (κ1) is 7.89. The molecule has 0 atom stereocenters. The third-order valence-corrected chi connectivity index (χ3v) is 2.12. The zero-order chi connectivity index (χ0) is 7.56. The molecule has 0 aliphatic rings. The molecule has 0 radical (unpaired) electrons. The minimum Gasteiger partial charge on any atom is -0.192 e. The molecular formula is C7H4INS. The molecule has 1 aromatic carbocycles. The quantitative estimate of drug-likeness (QED) is 0.563. The molecule has 1 nitrogen and oxygen atoms in total. The number of nitrogens with zero attached hydrogens (tertiary/aromatic N) is 1. The lowest BCUT2D eigenvalue weighted by Crippen LogP contribution is -1.77. The average molecular weight is 261 g/mol. The van der Waals surface area contributed by atoms with Crippen LogP contribution in [-0.2, 0) is 0 Å². The van der Waals surface area contributed by atoms with Crippen molar-refractivity contribution in [2.45, 2.75) is 4.90 Å². The zero-order valence-corrected chi connectivity index (χ0v) is 8.06. The maximum Gasteiger partial charge on any atom is 0.100 e. The van der Waals surface area contributed by atoms with Gasteiger partial charge in [-0.1, -0.05) is 0 Å². The topological polar surface area (TPSA) is 23.8 Å². The first-order chi connectivity index (χ1) is 4.74. The Morgan fingerprint density at radius 3 is 2.70 bits per heavy atom. The van der Waals surface area contributed by atoms with E-state index in [1.807, 2.05) is 18.2 Å². The molecule has 3 heteroatoms. The fourth-order valence-corrected chi connectivity index (χ4v) is 1.60. The van der Waals surface area contributed by atoms with Crippen LogP contribution in [0.25, 0.3) is 0 Å². The second kappa shape index (κ2) is 3.26. The molecule has 0 bridgehead atoms. The Morgan fingerprint density at radius 2 is 2.20 bits per heavy atom. The zero-order valence-electron chi connectivity index (χ0n) is 5.00. The highest BCUT2D eigenvalue weighted by Crippen LogP contribution is 2.15. The molecule has 0 fully saturated rings. The normalized spacial score (nSPS) is 8.90. The first-order valence-corrected chi connectivity index (χ1v) is 4.15. The van der Waals surface area contributed by atoms with Gasteiger partial charge in [-0.2, -0.15) is 5.26 Å². The maximum atomic E-state index is 8.51. The van der Waals surface area contributed by atoms with E-state index < -0.39 is 0 Å². The van der Waals surface area contributed by atoms with Crippen molar-refractivity contribution in [2.24, 2.45) is 0 Å². The maximum absolute atomic E-state index is 8.51. The van der Waals surface area contributed by atoms with E-state index >= 15 is 0 Å². The van der Waals surface area contributed by atoms with Crippen molar-refractivity contribution in [3.63, 3.8) is 0 Å². The molecule has 0 aromatic heterocycles. The van der Waals surface area contributed by atoms with Crippen molar-refractivity contribution in [3.05, 3.63) is 27.3 Å². The van der Waals surface area contributed by atoms with Gasteiger partial charge in [-0.15, -0.1) is 12.6 Å². The summed E-state index contributed by atoms with van der Waals surface area (Å²) in [7, 11) is 0. The van der Waals surface area contributed by atoms with Gasteiger partial charge in [0.1, 0.15) is 6.07 Å². The second-order valence-electron chi connectivity index (χ2n) is 1.77. The molecule has 0 aliphatic carbocycles. The van der Waals surface area contributed by atoms with E-state index in [0.717, 1.165) is 8.47 Å². The number of nitriles is 1. The molecule has 0 saturated heterocycles. The van der Waals surface area contributed by atoms with Crippen LogP contribution in [0.3, 0.4) is 0 Å². The third-order valence-electron chi connectivity index (χ3n) is 1.08. The van der Waals surface area contributed by atoms with Crippen LogP contribution in [0.2, 0.25) is 0 Å². The van der Waals surface area contributed by atoms with Crippen LogP contribution in [-0.4, -0.2) is 0 Å². The molecule has 0 saturated carbocycles. The van der Waals surface area contributed by atoms with Gasteiger partial charge >= 0.3 is 0 Å². The number of benzene rings is 1. The van der Waals surface area contributed by atoms with Gasteiger partial charge in [-0.05, 0) is 40.8 Å². The summed E-state index contributed by atoms with van der Waals surface area (Å²) in [5.74, 6) is 0. The molecule has 0 heterocycles. The van der Waals surface area contributed by atoms with Crippen LogP contribution in [0.4, 0.5) is 0 Å². The molecule has 10 heavy (non-hydrogen) atoms.